The molecule has 3 nitrogen and oxygen atoms in total. The number of nitrogens with one attached hydrogen (secondary N) is 1. The Bertz CT molecular complexity index is 469. The van der Waals surface area contributed by atoms with E-state index in [0.29, 0.717) is 11.8 Å². The van der Waals surface area contributed by atoms with E-state index in [0.717, 1.165) is 25.7 Å². The number of nitrogens with two attached hydrogens (primary N) is 1. The average Bonchev–Trinajstić information content (AvgIpc) is 2.50. The first-order valence-corrected chi connectivity index (χ1v) is 6.40. The fraction of sp³-hybridized carbons (Fsp3) is 0.571. The van der Waals surface area contributed by atoms with Crippen molar-refractivity contribution in [1.29, 1.82) is 0 Å². The minimum absolute atomic E-state index is 0.399. The van der Waals surface area contributed by atoms with Gasteiger partial charge in [-0.05, 0) is 48.6 Å². The summed E-state index contributed by atoms with van der Waals surface area (Å²) in [5.41, 5.74) is 5.20. The first-order chi connectivity index (χ1) is 8.63. The van der Waals surface area contributed by atoms with E-state index < -0.39 is 11.8 Å². The summed E-state index contributed by atoms with van der Waals surface area (Å²) in [6.07, 6.45) is 2.60. The molecule has 2 unspecified atom stereocenters. The summed E-state index contributed by atoms with van der Waals surface area (Å²) < 4.78 is 14.5. The Morgan fingerprint density at radius 3 is 2.35 bits per heavy atom. The van der Waals surface area contributed by atoms with E-state index in [2.05, 4.69) is 29.7 Å². The summed E-state index contributed by atoms with van der Waals surface area (Å²) in [6, 6.07) is 8.64. The van der Waals surface area contributed by atoms with Crippen LogP contribution in [0.5, 0.6) is 0 Å². The quantitative estimate of drug-likeness (QED) is 0.574. The molecule has 2 aliphatic heterocycles. The van der Waals surface area contributed by atoms with Crippen molar-refractivity contribution >= 4 is 0 Å². The second-order valence-corrected chi connectivity index (χ2v) is 5.62. The van der Waals surface area contributed by atoms with Gasteiger partial charge in [0.05, 0.1) is 7.45 Å². The van der Waals surface area contributed by atoms with Crippen LogP contribution in [0.4, 0.5) is 0 Å². The van der Waals surface area contributed by atoms with Gasteiger partial charge in [0.2, 0.25) is 0 Å². The molecule has 17 heavy (non-hydrogen) atoms. The Morgan fingerprint density at radius 1 is 1.24 bits per heavy atom. The van der Waals surface area contributed by atoms with Crippen molar-refractivity contribution < 1.29 is 6.11 Å². The van der Waals surface area contributed by atoms with Crippen molar-refractivity contribution in [2.45, 2.75) is 49.3 Å². The summed E-state index contributed by atoms with van der Waals surface area (Å²) in [6.45, 7) is 0. The van der Waals surface area contributed by atoms with Crippen LogP contribution in [0.3, 0.4) is 0 Å². The lowest BCUT2D eigenvalue weighted by atomic mass is 9.79. The van der Waals surface area contributed by atoms with Gasteiger partial charge in [0, 0.05) is 0 Å². The normalized spacial score (nSPS) is 47.5. The molecular weight excluding hydrogens is 212 g/mol. The molecule has 2 saturated heterocycles. The second kappa shape index (κ2) is 3.31. The van der Waals surface area contributed by atoms with E-state index in [-0.39, 0.29) is 0 Å². The highest BCUT2D eigenvalue weighted by molar-refractivity contribution is 5.38. The Labute approximate surface area is 103 Å². The molecule has 0 radical (unpaired) electrons. The molecule has 1 aromatic carbocycles. The predicted molar refractivity (Wildman–Crippen MR) is 65.3 cm³/mol. The van der Waals surface area contributed by atoms with Gasteiger partial charge in [-0.3, -0.25) is 5.84 Å². The van der Waals surface area contributed by atoms with Crippen LogP contribution in [0.25, 0.3) is 0 Å². The summed E-state index contributed by atoms with van der Waals surface area (Å²) in [7, 11) is 0. The molecule has 5 rings (SSSR count). The largest absolute Gasteiger partial charge is 0.356 e. The first kappa shape index (κ1) is 9.09. The van der Waals surface area contributed by atoms with Crippen LogP contribution >= 0.6 is 0 Å². The summed E-state index contributed by atoms with van der Waals surface area (Å²) >= 11 is 0. The molecule has 2 heterocycles. The van der Waals surface area contributed by atoms with Gasteiger partial charge in [0.15, 0.2) is 0 Å². The van der Waals surface area contributed by atoms with Crippen LogP contribution in [-0.4, -0.2) is 11.8 Å². The molecule has 0 spiro atoms. The van der Waals surface area contributed by atoms with Crippen LogP contribution in [0.15, 0.2) is 24.3 Å². The minimum Gasteiger partial charge on any atom is -0.356 e. The van der Waals surface area contributed by atoms with Crippen molar-refractivity contribution in [3.8, 4) is 0 Å². The highest BCUT2D eigenvalue weighted by atomic mass is 16.5. The average molecular weight is 231 g/mol. The van der Waals surface area contributed by atoms with Crippen molar-refractivity contribution in [3.63, 3.8) is 0 Å². The Hall–Kier alpha value is -0.900. The van der Waals surface area contributed by atoms with Crippen molar-refractivity contribution in [3.05, 3.63) is 35.4 Å². The van der Waals surface area contributed by atoms with Gasteiger partial charge in [0.1, 0.15) is 5.72 Å². The number of rotatable bonds is 1. The molecule has 2 fully saturated rings. The highest BCUT2D eigenvalue weighted by Crippen LogP contribution is 2.54. The third-order valence-electron chi connectivity index (χ3n) is 4.58. The third-order valence-corrected chi connectivity index (χ3v) is 4.58. The fourth-order valence-corrected chi connectivity index (χ4v) is 3.94. The Kier molecular flexibility index (Phi) is 1.77. The molecule has 0 saturated carbocycles. The maximum absolute atomic E-state index is 8.54. The molecule has 3 heteroatoms. The van der Waals surface area contributed by atoms with Gasteiger partial charge in [-0.2, -0.15) is 0 Å². The van der Waals surface area contributed by atoms with Crippen LogP contribution in [0.2, 0.25) is 0 Å². The van der Waals surface area contributed by atoms with Crippen LogP contribution in [0.1, 0.15) is 50.0 Å². The van der Waals surface area contributed by atoms with E-state index in [9.17, 15) is 0 Å². The molecule has 1 aromatic rings. The van der Waals surface area contributed by atoms with E-state index in [1.165, 1.54) is 11.1 Å². The minimum atomic E-state index is -0.767. The molecular formula is C14H18N2O. The van der Waals surface area contributed by atoms with E-state index in [1.54, 1.807) is 0 Å². The van der Waals surface area contributed by atoms with E-state index in [4.69, 9.17) is 12.0 Å². The predicted octanol–water partition coefficient (Wildman–Crippen LogP) is 2.00. The van der Waals surface area contributed by atoms with Crippen molar-refractivity contribution in [1.82, 2.24) is 5.43 Å². The van der Waals surface area contributed by atoms with Gasteiger partial charge < -0.3 is 4.74 Å². The number of benzene rings is 1. The molecule has 2 atom stereocenters. The Morgan fingerprint density at radius 2 is 1.82 bits per heavy atom. The zero-order valence-corrected chi connectivity index (χ0v) is 9.78. The highest BCUT2D eigenvalue weighted by Gasteiger charge is 2.50. The first-order valence-electron chi connectivity index (χ1n) is 6.90. The van der Waals surface area contributed by atoms with E-state index in [1.807, 2.05) is 0 Å². The van der Waals surface area contributed by atoms with Crippen LogP contribution in [-0.2, 0) is 4.74 Å². The molecule has 2 aliphatic carbocycles. The van der Waals surface area contributed by atoms with Gasteiger partial charge in [-0.25, -0.2) is 5.43 Å². The van der Waals surface area contributed by atoms with E-state index >= 15 is 0 Å². The molecule has 0 amide bonds. The SMILES string of the molecule is [2H]C12CC3CC(NN)(CC(C1)c1ccccc13)O2. The summed E-state index contributed by atoms with van der Waals surface area (Å²) in [5.74, 6) is 6.53. The number of hydrogen-bond acceptors (Lipinski definition) is 3. The number of ether oxygens (including phenoxy) is 1. The standard InChI is InChI=1S/C14H18N2O/c15-16-14-7-9-5-11(17-14)6-10(8-14)13-4-2-1-3-12(9)13/h1-4,9-11,16H,5-8,15H2/i11D. The maximum Gasteiger partial charge on any atom is 0.132 e. The van der Waals surface area contributed by atoms with Gasteiger partial charge >= 0.3 is 0 Å². The Balaban J connectivity index is 1.91. The monoisotopic (exact) mass is 231 g/mol. The lowest BCUT2D eigenvalue weighted by Gasteiger charge is -2.47. The number of hydrazine groups is 1. The number of hydrogen-bond donors (Lipinski definition) is 2. The lowest BCUT2D eigenvalue weighted by molar-refractivity contribution is -0.184. The summed E-state index contributed by atoms with van der Waals surface area (Å²) in [5, 5.41) is 0. The zero-order chi connectivity index (χ0) is 12.4. The molecule has 3 N–H and O–H groups in total. The second-order valence-electron chi connectivity index (χ2n) is 5.62. The fourth-order valence-electron chi connectivity index (χ4n) is 3.94. The smallest absolute Gasteiger partial charge is 0.132 e. The van der Waals surface area contributed by atoms with Crippen LogP contribution in [0, 0.1) is 0 Å². The van der Waals surface area contributed by atoms with Gasteiger partial charge in [-0.1, -0.05) is 24.3 Å². The van der Waals surface area contributed by atoms with Crippen LogP contribution < -0.4 is 11.3 Å². The molecule has 90 valence electrons. The third kappa shape index (κ3) is 1.33. The molecule has 0 aromatic heterocycles. The topological polar surface area (TPSA) is 47.3 Å². The summed E-state index contributed by atoms with van der Waals surface area (Å²) in [4.78, 5) is 0. The van der Waals surface area contributed by atoms with Crippen molar-refractivity contribution in [2.75, 3.05) is 0 Å². The molecule has 4 aliphatic rings. The van der Waals surface area contributed by atoms with Gasteiger partial charge in [-0.15, -0.1) is 0 Å². The van der Waals surface area contributed by atoms with Gasteiger partial charge in [0.25, 0.3) is 0 Å². The zero-order valence-electron chi connectivity index (χ0n) is 10.8. The molecule has 4 bridgehead atoms. The maximum atomic E-state index is 8.54. The lowest BCUT2D eigenvalue weighted by Crippen LogP contribution is -2.59. The van der Waals surface area contributed by atoms with Crippen molar-refractivity contribution in [2.24, 2.45) is 5.84 Å².